The van der Waals surface area contributed by atoms with Crippen LogP contribution in [-0.4, -0.2) is 17.5 Å². The zero-order valence-corrected chi connectivity index (χ0v) is 14.6. The number of nitrogens with one attached hydrogen (secondary N) is 2. The normalized spacial score (nSPS) is 12.5. The molecule has 0 bridgehead atoms. The minimum Gasteiger partial charge on any atom is -0.349 e. The average Bonchev–Trinajstić information content (AvgIpc) is 3.06. The predicted octanol–water partition coefficient (Wildman–Crippen LogP) is 3.05. The molecular weight excluding hydrogens is 322 g/mol. The van der Waals surface area contributed by atoms with Crippen molar-refractivity contribution in [1.82, 2.24) is 10.7 Å². The van der Waals surface area contributed by atoms with Crippen LogP contribution in [-0.2, 0) is 16.0 Å². The number of carbonyl (C=O) groups is 2. The molecule has 6 heteroatoms. The quantitative estimate of drug-likeness (QED) is 0.599. The van der Waals surface area contributed by atoms with Crippen LogP contribution in [0.5, 0.6) is 0 Å². The lowest BCUT2D eigenvalue weighted by atomic mass is 10.1. The third kappa shape index (κ3) is 5.96. The molecule has 2 rings (SSSR count). The molecular formula is C18H21N3O2S. The van der Waals surface area contributed by atoms with Crippen molar-refractivity contribution in [3.05, 3.63) is 58.3 Å². The topological polar surface area (TPSA) is 70.6 Å². The van der Waals surface area contributed by atoms with Gasteiger partial charge in [-0.15, -0.1) is 11.3 Å². The van der Waals surface area contributed by atoms with Crippen molar-refractivity contribution >= 4 is 28.9 Å². The molecule has 2 aromatic rings. The summed E-state index contributed by atoms with van der Waals surface area (Å²) in [4.78, 5) is 24.8. The van der Waals surface area contributed by atoms with E-state index in [1.807, 2.05) is 54.8 Å². The first kappa shape index (κ1) is 17.9. The minimum atomic E-state index is -0.185. The van der Waals surface area contributed by atoms with Gasteiger partial charge in [0.25, 0.3) is 0 Å². The van der Waals surface area contributed by atoms with Crippen LogP contribution in [0, 0.1) is 0 Å². The molecule has 126 valence electrons. The van der Waals surface area contributed by atoms with E-state index in [0.717, 1.165) is 10.4 Å². The maximum absolute atomic E-state index is 12.0. The number of carbonyl (C=O) groups excluding carboxylic acids is 2. The van der Waals surface area contributed by atoms with Crippen LogP contribution in [0.3, 0.4) is 0 Å². The first-order chi connectivity index (χ1) is 11.5. The maximum atomic E-state index is 12.0. The fourth-order valence-corrected chi connectivity index (χ4v) is 2.86. The summed E-state index contributed by atoms with van der Waals surface area (Å²) in [5, 5.41) is 8.83. The van der Waals surface area contributed by atoms with Gasteiger partial charge in [0.15, 0.2) is 0 Å². The van der Waals surface area contributed by atoms with E-state index < -0.39 is 0 Å². The summed E-state index contributed by atoms with van der Waals surface area (Å²) in [6.45, 7) is 3.65. The SMILES string of the molecule is C/C(CC(=O)N[C@@H](C)c1ccccc1)=N/NC(=O)Cc1cccs1. The van der Waals surface area contributed by atoms with Crippen molar-refractivity contribution in [2.24, 2.45) is 5.10 Å². The van der Waals surface area contributed by atoms with Gasteiger partial charge in [0.05, 0.1) is 18.9 Å². The van der Waals surface area contributed by atoms with E-state index >= 15 is 0 Å². The Kier molecular flexibility index (Phi) is 6.69. The zero-order chi connectivity index (χ0) is 17.4. The molecule has 0 aliphatic heterocycles. The molecule has 0 saturated heterocycles. The highest BCUT2D eigenvalue weighted by atomic mass is 32.1. The number of thiophene rings is 1. The Morgan fingerprint density at radius 3 is 2.54 bits per heavy atom. The lowest BCUT2D eigenvalue weighted by molar-refractivity contribution is -0.121. The van der Waals surface area contributed by atoms with Crippen molar-refractivity contribution in [2.75, 3.05) is 0 Å². The van der Waals surface area contributed by atoms with Gasteiger partial charge in [-0.1, -0.05) is 36.4 Å². The molecule has 2 amide bonds. The Hall–Kier alpha value is -2.47. The minimum absolute atomic E-state index is 0.0695. The Labute approximate surface area is 145 Å². The third-order valence-corrected chi connectivity index (χ3v) is 4.26. The Bertz CT molecular complexity index is 696. The van der Waals surface area contributed by atoms with Crippen LogP contribution in [0.15, 0.2) is 52.9 Å². The Balaban J connectivity index is 1.77. The smallest absolute Gasteiger partial charge is 0.245 e. The number of hydrogen-bond acceptors (Lipinski definition) is 4. The van der Waals surface area contributed by atoms with Gasteiger partial charge in [0.2, 0.25) is 11.8 Å². The molecule has 24 heavy (non-hydrogen) atoms. The number of nitrogens with zero attached hydrogens (tertiary/aromatic N) is 1. The van der Waals surface area contributed by atoms with Crippen molar-refractivity contribution in [1.29, 1.82) is 0 Å². The second-order valence-electron chi connectivity index (χ2n) is 5.51. The molecule has 0 fully saturated rings. The van der Waals surface area contributed by atoms with Crippen LogP contribution >= 0.6 is 11.3 Å². The molecule has 1 heterocycles. The molecule has 0 unspecified atom stereocenters. The van der Waals surface area contributed by atoms with E-state index in [1.165, 1.54) is 11.3 Å². The van der Waals surface area contributed by atoms with Crippen LogP contribution in [0.2, 0.25) is 0 Å². The van der Waals surface area contributed by atoms with Gasteiger partial charge >= 0.3 is 0 Å². The summed E-state index contributed by atoms with van der Waals surface area (Å²) in [6.07, 6.45) is 0.447. The van der Waals surface area contributed by atoms with Gasteiger partial charge in [-0.25, -0.2) is 5.43 Å². The van der Waals surface area contributed by atoms with Gasteiger partial charge in [-0.05, 0) is 30.9 Å². The zero-order valence-electron chi connectivity index (χ0n) is 13.8. The van der Waals surface area contributed by atoms with Crippen LogP contribution in [0.4, 0.5) is 0 Å². The number of hydrazone groups is 1. The summed E-state index contributed by atoms with van der Waals surface area (Å²) < 4.78 is 0. The molecule has 0 aliphatic rings. The largest absolute Gasteiger partial charge is 0.349 e. The molecule has 0 spiro atoms. The van der Waals surface area contributed by atoms with Crippen molar-refractivity contribution in [3.8, 4) is 0 Å². The van der Waals surface area contributed by atoms with E-state index in [9.17, 15) is 9.59 Å². The number of benzene rings is 1. The molecule has 1 atom stereocenters. The first-order valence-electron chi connectivity index (χ1n) is 7.73. The maximum Gasteiger partial charge on any atom is 0.245 e. The lowest BCUT2D eigenvalue weighted by Crippen LogP contribution is -2.29. The van der Waals surface area contributed by atoms with E-state index in [0.29, 0.717) is 12.1 Å². The van der Waals surface area contributed by atoms with Crippen molar-refractivity contribution < 1.29 is 9.59 Å². The average molecular weight is 343 g/mol. The van der Waals surface area contributed by atoms with Gasteiger partial charge in [-0.3, -0.25) is 9.59 Å². The summed E-state index contributed by atoms with van der Waals surface area (Å²) in [5.41, 5.74) is 4.10. The summed E-state index contributed by atoms with van der Waals surface area (Å²) >= 11 is 1.53. The number of hydrogen-bond donors (Lipinski definition) is 2. The Morgan fingerprint density at radius 2 is 1.88 bits per heavy atom. The first-order valence-corrected chi connectivity index (χ1v) is 8.61. The molecule has 1 aromatic heterocycles. The van der Waals surface area contributed by atoms with Crippen LogP contribution in [0.1, 0.15) is 36.8 Å². The van der Waals surface area contributed by atoms with Gasteiger partial charge < -0.3 is 5.32 Å². The molecule has 0 aliphatic carbocycles. The van der Waals surface area contributed by atoms with Crippen molar-refractivity contribution in [3.63, 3.8) is 0 Å². The monoisotopic (exact) mass is 343 g/mol. The van der Waals surface area contributed by atoms with Gasteiger partial charge in [0.1, 0.15) is 0 Å². The standard InChI is InChI=1S/C18H21N3O2S/c1-13(20-21-18(23)12-16-9-6-10-24-16)11-17(22)19-14(2)15-7-4-3-5-8-15/h3-10,14H,11-12H2,1-2H3,(H,19,22)(H,21,23)/b20-13-/t14-/m0/s1. The fourth-order valence-electron chi connectivity index (χ4n) is 2.16. The van der Waals surface area contributed by atoms with E-state index in [2.05, 4.69) is 15.8 Å². The molecule has 2 N–H and O–H groups in total. The highest BCUT2D eigenvalue weighted by Gasteiger charge is 2.10. The van der Waals surface area contributed by atoms with Gasteiger partial charge in [0, 0.05) is 10.6 Å². The highest BCUT2D eigenvalue weighted by Crippen LogP contribution is 2.11. The predicted molar refractivity (Wildman–Crippen MR) is 96.9 cm³/mol. The second-order valence-corrected chi connectivity index (χ2v) is 6.55. The molecule has 0 radical (unpaired) electrons. The fraction of sp³-hybridized carbons (Fsp3) is 0.278. The summed E-state index contributed by atoms with van der Waals surface area (Å²) in [5.74, 6) is -0.310. The second kappa shape index (κ2) is 8.98. The van der Waals surface area contributed by atoms with E-state index in [1.54, 1.807) is 6.92 Å². The highest BCUT2D eigenvalue weighted by molar-refractivity contribution is 7.10. The summed E-state index contributed by atoms with van der Waals surface area (Å²) in [7, 11) is 0. The number of rotatable bonds is 7. The van der Waals surface area contributed by atoms with Crippen LogP contribution in [0.25, 0.3) is 0 Å². The third-order valence-electron chi connectivity index (χ3n) is 3.38. The molecule has 1 aromatic carbocycles. The van der Waals surface area contributed by atoms with E-state index in [4.69, 9.17) is 0 Å². The number of amides is 2. The molecule has 0 saturated carbocycles. The van der Waals surface area contributed by atoms with E-state index in [-0.39, 0.29) is 24.3 Å². The van der Waals surface area contributed by atoms with Gasteiger partial charge in [-0.2, -0.15) is 5.10 Å². The molecule has 5 nitrogen and oxygen atoms in total. The summed E-state index contributed by atoms with van der Waals surface area (Å²) in [6, 6.07) is 13.5. The van der Waals surface area contributed by atoms with Crippen molar-refractivity contribution in [2.45, 2.75) is 32.7 Å². The lowest BCUT2D eigenvalue weighted by Gasteiger charge is -2.14. The Morgan fingerprint density at radius 1 is 1.12 bits per heavy atom. The van der Waals surface area contributed by atoms with Crippen LogP contribution < -0.4 is 10.7 Å².